The Morgan fingerprint density at radius 2 is 1.78 bits per heavy atom. The summed E-state index contributed by atoms with van der Waals surface area (Å²) in [5.74, 6) is -1.36. The molecule has 1 aliphatic heterocycles. The Morgan fingerprint density at radius 3 is 2.44 bits per heavy atom. The number of benzene rings is 2. The molecule has 0 fully saturated rings. The lowest BCUT2D eigenvalue weighted by Crippen LogP contribution is -2.50. The summed E-state index contributed by atoms with van der Waals surface area (Å²) in [6.45, 7) is -0.443. The first-order valence-electron chi connectivity index (χ1n) is 9.65. The van der Waals surface area contributed by atoms with Crippen LogP contribution in [-0.4, -0.2) is 49.4 Å². The molecule has 1 amide bonds. The van der Waals surface area contributed by atoms with Gasteiger partial charge in [0.15, 0.2) is 5.76 Å². The Bertz CT molecular complexity index is 1240. The van der Waals surface area contributed by atoms with Crippen LogP contribution >= 0.6 is 0 Å². The summed E-state index contributed by atoms with van der Waals surface area (Å²) < 4.78 is 38.2. The van der Waals surface area contributed by atoms with E-state index in [-0.39, 0.29) is 29.5 Å². The highest BCUT2D eigenvalue weighted by Gasteiger charge is 2.42. The van der Waals surface area contributed by atoms with Crippen LogP contribution in [0.5, 0.6) is 5.75 Å². The zero-order chi connectivity index (χ0) is 22.9. The van der Waals surface area contributed by atoms with Crippen molar-refractivity contribution in [2.24, 2.45) is 0 Å². The molecule has 0 spiro atoms. The minimum atomic E-state index is -4.19. The minimum Gasteiger partial charge on any atom is -0.508 e. The fourth-order valence-electron chi connectivity index (χ4n) is 3.61. The van der Waals surface area contributed by atoms with Gasteiger partial charge in [0.25, 0.3) is 5.91 Å². The van der Waals surface area contributed by atoms with E-state index in [0.717, 1.165) is 11.4 Å². The molecule has 0 saturated heterocycles. The van der Waals surface area contributed by atoms with E-state index >= 15 is 0 Å². The van der Waals surface area contributed by atoms with Gasteiger partial charge in [-0.1, -0.05) is 18.2 Å². The van der Waals surface area contributed by atoms with Gasteiger partial charge in [0.1, 0.15) is 11.8 Å². The predicted octanol–water partition coefficient (Wildman–Crippen LogP) is 2.38. The third-order valence-electron chi connectivity index (χ3n) is 5.21. The second-order valence-electron chi connectivity index (χ2n) is 7.10. The Labute approximate surface area is 184 Å². The fourth-order valence-corrected chi connectivity index (χ4v) is 5.16. The highest BCUT2D eigenvalue weighted by molar-refractivity contribution is 7.89. The van der Waals surface area contributed by atoms with E-state index in [0.29, 0.717) is 11.3 Å². The Hall–Kier alpha value is -3.63. The maximum atomic E-state index is 13.5. The number of ether oxygens (including phenoxy) is 1. The number of carbonyl (C=O) groups excluding carboxylic acids is 2. The molecule has 9 nitrogen and oxygen atoms in total. The van der Waals surface area contributed by atoms with Crippen molar-refractivity contribution in [2.45, 2.75) is 17.5 Å². The number of furan rings is 1. The smallest absolute Gasteiger partial charge is 0.326 e. The third kappa shape index (κ3) is 3.85. The first-order valence-corrected chi connectivity index (χ1v) is 11.1. The highest BCUT2D eigenvalue weighted by Crippen LogP contribution is 2.32. The number of hydrogen-bond donors (Lipinski definition) is 1. The van der Waals surface area contributed by atoms with E-state index in [1.54, 1.807) is 30.3 Å². The minimum absolute atomic E-state index is 0.0539. The summed E-state index contributed by atoms with van der Waals surface area (Å²) in [7, 11) is -3.03. The van der Waals surface area contributed by atoms with Crippen molar-refractivity contribution in [3.05, 3.63) is 78.3 Å². The molecule has 2 aromatic carbocycles. The van der Waals surface area contributed by atoms with Crippen molar-refractivity contribution in [1.29, 1.82) is 0 Å². The Kier molecular flexibility index (Phi) is 5.72. The van der Waals surface area contributed by atoms with Gasteiger partial charge in [0.05, 0.1) is 24.8 Å². The number of hydrogen-bond acceptors (Lipinski definition) is 7. The van der Waals surface area contributed by atoms with Crippen molar-refractivity contribution in [1.82, 2.24) is 4.31 Å². The van der Waals surface area contributed by atoms with Crippen LogP contribution in [0.3, 0.4) is 0 Å². The average molecular weight is 456 g/mol. The number of rotatable bonds is 4. The monoisotopic (exact) mass is 456 g/mol. The number of para-hydroxylation sites is 1. The number of anilines is 1. The van der Waals surface area contributed by atoms with E-state index in [9.17, 15) is 23.1 Å². The topological polar surface area (TPSA) is 117 Å². The van der Waals surface area contributed by atoms with E-state index in [4.69, 9.17) is 9.15 Å². The Morgan fingerprint density at radius 1 is 1.06 bits per heavy atom. The third-order valence-corrected chi connectivity index (χ3v) is 7.07. The summed E-state index contributed by atoms with van der Waals surface area (Å²) >= 11 is 0. The summed E-state index contributed by atoms with van der Waals surface area (Å²) in [6.07, 6.45) is 1.36. The number of methoxy groups -OCH3 is 1. The molecule has 0 saturated carbocycles. The highest BCUT2D eigenvalue weighted by atomic mass is 32.2. The largest absolute Gasteiger partial charge is 0.508 e. The number of aromatic hydroxyl groups is 1. The molecular weight excluding hydrogens is 436 g/mol. The number of nitrogens with zero attached hydrogens (tertiary/aromatic N) is 2. The average Bonchev–Trinajstić information content (AvgIpc) is 3.27. The number of fused-ring (bicyclic) bond motifs is 1. The van der Waals surface area contributed by atoms with Crippen LogP contribution in [0.25, 0.3) is 0 Å². The van der Waals surface area contributed by atoms with Crippen molar-refractivity contribution >= 4 is 27.6 Å². The SMILES string of the molecule is COC(=O)C1CN(C(=O)c2ccco2)c2ccccc2CN1S(=O)(=O)c1ccc(O)cc1. The van der Waals surface area contributed by atoms with Crippen LogP contribution in [0.4, 0.5) is 5.69 Å². The van der Waals surface area contributed by atoms with Crippen LogP contribution in [0, 0.1) is 0 Å². The second kappa shape index (κ2) is 8.48. The van der Waals surface area contributed by atoms with Gasteiger partial charge in [-0.05, 0) is 48.0 Å². The molecule has 1 unspecified atom stereocenters. The van der Waals surface area contributed by atoms with E-state index in [2.05, 4.69) is 0 Å². The maximum absolute atomic E-state index is 13.5. The van der Waals surface area contributed by atoms with Gasteiger partial charge in [-0.15, -0.1) is 0 Å². The predicted molar refractivity (Wildman–Crippen MR) is 113 cm³/mol. The summed E-state index contributed by atoms with van der Waals surface area (Å²) in [5, 5.41) is 9.54. The number of amides is 1. The molecule has 32 heavy (non-hydrogen) atoms. The number of phenolic OH excluding ortho intramolecular Hbond substituents is 1. The molecule has 3 aromatic rings. The van der Waals surface area contributed by atoms with E-state index < -0.39 is 27.9 Å². The second-order valence-corrected chi connectivity index (χ2v) is 9.00. The lowest BCUT2D eigenvalue weighted by Gasteiger charge is -2.29. The molecular formula is C22H20N2O7S. The summed E-state index contributed by atoms with van der Waals surface area (Å²) in [5.41, 5.74) is 0.993. The van der Waals surface area contributed by atoms with Crippen LogP contribution in [-0.2, 0) is 26.1 Å². The van der Waals surface area contributed by atoms with Crippen LogP contribution < -0.4 is 4.90 Å². The zero-order valence-corrected chi connectivity index (χ0v) is 17.9. The molecule has 0 bridgehead atoms. The van der Waals surface area contributed by atoms with Crippen molar-refractivity contribution in [3.63, 3.8) is 0 Å². The van der Waals surface area contributed by atoms with E-state index in [1.165, 1.54) is 41.5 Å². The standard InChI is InChI=1S/C22H20N2O7S/c1-30-22(27)19-14-23(21(26)20-7-4-12-31-20)18-6-3-2-5-15(18)13-24(19)32(28,29)17-10-8-16(25)9-11-17/h2-12,19,25H,13-14H2,1H3. The molecule has 0 radical (unpaired) electrons. The van der Waals surface area contributed by atoms with E-state index in [1.807, 2.05) is 0 Å². The van der Waals surface area contributed by atoms with Gasteiger partial charge >= 0.3 is 5.97 Å². The quantitative estimate of drug-likeness (QED) is 0.599. The lowest BCUT2D eigenvalue weighted by atomic mass is 10.1. The van der Waals surface area contributed by atoms with Crippen LogP contribution in [0.15, 0.2) is 76.2 Å². The molecule has 1 atom stereocenters. The van der Waals surface area contributed by atoms with Gasteiger partial charge in [-0.3, -0.25) is 9.59 Å². The molecule has 0 aliphatic carbocycles. The number of phenols is 1. The first kappa shape index (κ1) is 21.6. The van der Waals surface area contributed by atoms with Crippen molar-refractivity contribution < 1.29 is 32.3 Å². The van der Waals surface area contributed by atoms with Gasteiger partial charge in [0.2, 0.25) is 10.0 Å². The molecule has 1 N–H and O–H groups in total. The summed E-state index contributed by atoms with van der Waals surface area (Å²) in [6, 6.07) is 13.6. The van der Waals surface area contributed by atoms with Gasteiger partial charge in [0, 0.05) is 12.2 Å². The number of carbonyl (C=O) groups is 2. The first-order chi connectivity index (χ1) is 15.3. The normalized spacial score (nSPS) is 16.8. The van der Waals surface area contributed by atoms with Gasteiger partial charge in [-0.25, -0.2) is 8.42 Å². The molecule has 10 heteroatoms. The number of sulfonamides is 1. The van der Waals surface area contributed by atoms with Gasteiger partial charge < -0.3 is 19.2 Å². The van der Waals surface area contributed by atoms with Crippen LogP contribution in [0.2, 0.25) is 0 Å². The molecule has 4 rings (SSSR count). The fraction of sp³-hybridized carbons (Fsp3) is 0.182. The zero-order valence-electron chi connectivity index (χ0n) is 17.0. The Balaban J connectivity index is 1.84. The van der Waals surface area contributed by atoms with Crippen molar-refractivity contribution in [3.8, 4) is 5.75 Å². The molecule has 2 heterocycles. The number of esters is 1. The maximum Gasteiger partial charge on any atom is 0.326 e. The van der Waals surface area contributed by atoms with Crippen LogP contribution in [0.1, 0.15) is 16.1 Å². The molecule has 1 aromatic heterocycles. The lowest BCUT2D eigenvalue weighted by molar-refractivity contribution is -0.144. The van der Waals surface area contributed by atoms with Gasteiger partial charge in [-0.2, -0.15) is 4.31 Å². The summed E-state index contributed by atoms with van der Waals surface area (Å²) in [4.78, 5) is 27.1. The molecule has 166 valence electrons. The van der Waals surface area contributed by atoms with Crippen molar-refractivity contribution in [2.75, 3.05) is 18.6 Å². The molecule has 1 aliphatic rings.